The molecule has 78 valence electrons. The maximum absolute atomic E-state index is 11.3. The van der Waals surface area contributed by atoms with Gasteiger partial charge in [-0.1, -0.05) is 34.6 Å². The van der Waals surface area contributed by atoms with E-state index in [-0.39, 0.29) is 5.41 Å². The Hall–Kier alpha value is -0.530. The number of carboxylic acids is 1. The second-order valence-electron chi connectivity index (χ2n) is 4.33. The summed E-state index contributed by atoms with van der Waals surface area (Å²) in [4.78, 5) is 11.3. The van der Waals surface area contributed by atoms with Gasteiger partial charge in [-0.25, -0.2) is 0 Å². The summed E-state index contributed by atoms with van der Waals surface area (Å²) in [5.41, 5.74) is -0.677. The zero-order chi connectivity index (χ0) is 10.7. The van der Waals surface area contributed by atoms with Crippen molar-refractivity contribution in [2.24, 2.45) is 10.8 Å². The van der Waals surface area contributed by atoms with E-state index < -0.39 is 11.4 Å². The molecular formula is C11H22O2. The fourth-order valence-electron chi connectivity index (χ4n) is 2.14. The molecule has 0 amide bonds. The van der Waals surface area contributed by atoms with Gasteiger partial charge in [-0.2, -0.15) is 0 Å². The summed E-state index contributed by atoms with van der Waals surface area (Å²) in [6, 6.07) is 0. The van der Waals surface area contributed by atoms with Crippen LogP contribution in [0.3, 0.4) is 0 Å². The monoisotopic (exact) mass is 186 g/mol. The number of hydrogen-bond donors (Lipinski definition) is 1. The van der Waals surface area contributed by atoms with Gasteiger partial charge in [-0.15, -0.1) is 0 Å². The van der Waals surface area contributed by atoms with Gasteiger partial charge in [0, 0.05) is 0 Å². The molecule has 0 heterocycles. The van der Waals surface area contributed by atoms with Crippen LogP contribution in [0, 0.1) is 10.8 Å². The Kier molecular flexibility index (Phi) is 3.95. The Bertz CT molecular complexity index is 179. The molecule has 0 aliphatic carbocycles. The molecule has 0 saturated heterocycles. The maximum atomic E-state index is 11.3. The van der Waals surface area contributed by atoms with Crippen LogP contribution in [0.2, 0.25) is 0 Å². The van der Waals surface area contributed by atoms with E-state index in [0.29, 0.717) is 12.8 Å². The van der Waals surface area contributed by atoms with Crippen LogP contribution in [-0.4, -0.2) is 11.1 Å². The van der Waals surface area contributed by atoms with Crippen molar-refractivity contribution < 1.29 is 9.90 Å². The maximum Gasteiger partial charge on any atom is 0.310 e. The molecule has 0 bridgehead atoms. The molecule has 2 heteroatoms. The average molecular weight is 186 g/mol. The second-order valence-corrected chi connectivity index (χ2v) is 4.33. The molecular weight excluding hydrogens is 164 g/mol. The summed E-state index contributed by atoms with van der Waals surface area (Å²) >= 11 is 0. The predicted octanol–water partition coefficient (Wildman–Crippen LogP) is 3.31. The first kappa shape index (κ1) is 12.5. The molecule has 0 aromatic rings. The highest BCUT2D eigenvalue weighted by Crippen LogP contribution is 2.47. The van der Waals surface area contributed by atoms with Gasteiger partial charge in [0.2, 0.25) is 0 Å². The van der Waals surface area contributed by atoms with Crippen LogP contribution in [-0.2, 0) is 4.79 Å². The normalized spacial score (nSPS) is 13.0. The minimum Gasteiger partial charge on any atom is -0.481 e. The lowest BCUT2D eigenvalue weighted by atomic mass is 9.61. The van der Waals surface area contributed by atoms with E-state index in [1.807, 2.05) is 27.7 Å². The summed E-state index contributed by atoms with van der Waals surface area (Å²) in [7, 11) is 0. The van der Waals surface area contributed by atoms with Gasteiger partial charge in [-0.05, 0) is 24.7 Å². The van der Waals surface area contributed by atoms with Gasteiger partial charge in [-0.3, -0.25) is 4.79 Å². The third kappa shape index (κ3) is 1.87. The fourth-order valence-corrected chi connectivity index (χ4v) is 2.14. The summed E-state index contributed by atoms with van der Waals surface area (Å²) in [6.07, 6.45) is 2.32. The van der Waals surface area contributed by atoms with Crippen molar-refractivity contribution in [2.75, 3.05) is 0 Å². The second kappa shape index (κ2) is 4.12. The first-order chi connectivity index (χ1) is 5.88. The molecule has 0 aromatic carbocycles. The zero-order valence-electron chi connectivity index (χ0n) is 9.48. The van der Waals surface area contributed by atoms with E-state index in [4.69, 9.17) is 0 Å². The lowest BCUT2D eigenvalue weighted by Crippen LogP contribution is -2.43. The highest BCUT2D eigenvalue weighted by molar-refractivity contribution is 5.75. The third-order valence-electron chi connectivity index (χ3n) is 3.80. The predicted molar refractivity (Wildman–Crippen MR) is 54.7 cm³/mol. The van der Waals surface area contributed by atoms with E-state index in [2.05, 4.69) is 6.92 Å². The number of hydrogen-bond acceptors (Lipinski definition) is 1. The largest absolute Gasteiger partial charge is 0.481 e. The quantitative estimate of drug-likeness (QED) is 0.715. The third-order valence-corrected chi connectivity index (χ3v) is 3.80. The Morgan fingerprint density at radius 1 is 1.08 bits per heavy atom. The van der Waals surface area contributed by atoms with Crippen molar-refractivity contribution in [3.8, 4) is 0 Å². The molecule has 0 unspecified atom stereocenters. The van der Waals surface area contributed by atoms with Crippen LogP contribution >= 0.6 is 0 Å². The molecule has 0 radical (unpaired) electrons. The van der Waals surface area contributed by atoms with E-state index in [1.165, 1.54) is 0 Å². The summed E-state index contributed by atoms with van der Waals surface area (Å²) < 4.78 is 0. The fraction of sp³-hybridized carbons (Fsp3) is 0.909. The van der Waals surface area contributed by atoms with Crippen molar-refractivity contribution in [3.63, 3.8) is 0 Å². The van der Waals surface area contributed by atoms with E-state index in [0.717, 1.165) is 6.42 Å². The lowest BCUT2D eigenvalue weighted by molar-refractivity contribution is -0.158. The van der Waals surface area contributed by atoms with Gasteiger partial charge < -0.3 is 5.11 Å². The first-order valence-corrected chi connectivity index (χ1v) is 5.11. The highest BCUT2D eigenvalue weighted by atomic mass is 16.4. The number of carboxylic acid groups (broad SMARTS) is 1. The lowest BCUT2D eigenvalue weighted by Gasteiger charge is -2.42. The summed E-state index contributed by atoms with van der Waals surface area (Å²) in [5.74, 6) is -0.649. The molecule has 13 heavy (non-hydrogen) atoms. The van der Waals surface area contributed by atoms with Crippen molar-refractivity contribution in [1.29, 1.82) is 0 Å². The molecule has 0 aliphatic heterocycles. The van der Waals surface area contributed by atoms with Gasteiger partial charge in [0.15, 0.2) is 0 Å². The van der Waals surface area contributed by atoms with Crippen LogP contribution in [0.4, 0.5) is 0 Å². The zero-order valence-corrected chi connectivity index (χ0v) is 9.48. The Balaban J connectivity index is 5.09. The summed E-state index contributed by atoms with van der Waals surface area (Å²) in [6.45, 7) is 10.1. The van der Waals surface area contributed by atoms with Crippen LogP contribution in [0.25, 0.3) is 0 Å². The molecule has 1 N–H and O–H groups in total. The average Bonchev–Trinajstić information content (AvgIpc) is 2.06. The molecule has 0 fully saturated rings. The van der Waals surface area contributed by atoms with E-state index >= 15 is 0 Å². The van der Waals surface area contributed by atoms with Crippen LogP contribution in [0.15, 0.2) is 0 Å². The van der Waals surface area contributed by atoms with Crippen molar-refractivity contribution in [1.82, 2.24) is 0 Å². The number of carbonyl (C=O) groups is 1. The minimum absolute atomic E-state index is 0.123. The SMILES string of the molecule is CCC(C)(C)C(CC)(CC)C(=O)O. The van der Waals surface area contributed by atoms with Gasteiger partial charge >= 0.3 is 5.97 Å². The molecule has 0 aliphatic rings. The van der Waals surface area contributed by atoms with Gasteiger partial charge in [0.25, 0.3) is 0 Å². The van der Waals surface area contributed by atoms with Crippen molar-refractivity contribution in [2.45, 2.75) is 53.9 Å². The van der Waals surface area contributed by atoms with Gasteiger partial charge in [0.05, 0.1) is 5.41 Å². The number of rotatable bonds is 5. The first-order valence-electron chi connectivity index (χ1n) is 5.11. The van der Waals surface area contributed by atoms with Gasteiger partial charge in [0.1, 0.15) is 0 Å². The topological polar surface area (TPSA) is 37.3 Å². The van der Waals surface area contributed by atoms with E-state index in [9.17, 15) is 9.90 Å². The molecule has 0 saturated carbocycles. The van der Waals surface area contributed by atoms with Crippen LogP contribution in [0.1, 0.15) is 53.9 Å². The van der Waals surface area contributed by atoms with Crippen LogP contribution in [0.5, 0.6) is 0 Å². The van der Waals surface area contributed by atoms with Crippen molar-refractivity contribution >= 4 is 5.97 Å². The number of aliphatic carboxylic acids is 1. The Morgan fingerprint density at radius 2 is 1.46 bits per heavy atom. The summed E-state index contributed by atoms with van der Waals surface area (Å²) in [5, 5.41) is 9.29. The van der Waals surface area contributed by atoms with Crippen molar-refractivity contribution in [3.05, 3.63) is 0 Å². The Morgan fingerprint density at radius 3 is 1.54 bits per heavy atom. The van der Waals surface area contributed by atoms with Crippen LogP contribution < -0.4 is 0 Å². The smallest absolute Gasteiger partial charge is 0.310 e. The Labute approximate surface area is 81.3 Å². The molecule has 0 rings (SSSR count). The standard InChI is InChI=1S/C11H22O2/c1-6-10(4,5)11(7-2,8-3)9(12)13/h6-8H2,1-5H3,(H,12,13). The van der Waals surface area contributed by atoms with E-state index in [1.54, 1.807) is 0 Å². The molecule has 2 nitrogen and oxygen atoms in total. The molecule has 0 aromatic heterocycles. The highest BCUT2D eigenvalue weighted by Gasteiger charge is 2.47. The molecule has 0 spiro atoms. The minimum atomic E-state index is -0.649. The molecule has 0 atom stereocenters.